The molecule has 1 aliphatic heterocycles. The summed E-state index contributed by atoms with van der Waals surface area (Å²) in [6.07, 6.45) is 4.95. The molecule has 0 bridgehead atoms. The van der Waals surface area contributed by atoms with E-state index in [0.717, 1.165) is 13.2 Å². The van der Waals surface area contributed by atoms with Crippen molar-refractivity contribution in [1.29, 1.82) is 0 Å². The lowest BCUT2D eigenvalue weighted by Crippen LogP contribution is -3.00. The van der Waals surface area contributed by atoms with E-state index in [0.29, 0.717) is 0 Å². The van der Waals surface area contributed by atoms with E-state index in [2.05, 4.69) is 19.2 Å². The third-order valence-electron chi connectivity index (χ3n) is 2.66. The van der Waals surface area contributed by atoms with E-state index >= 15 is 0 Å². The Bertz CT molecular complexity index is 109. The SMILES string of the molecule is CCCC1(CCC)C[NH2+]CCO1.[Cl-]. The van der Waals surface area contributed by atoms with E-state index < -0.39 is 0 Å². The van der Waals surface area contributed by atoms with Crippen molar-refractivity contribution in [3.05, 3.63) is 0 Å². The van der Waals surface area contributed by atoms with Crippen LogP contribution < -0.4 is 17.7 Å². The molecule has 0 aromatic heterocycles. The number of morpholine rings is 1. The van der Waals surface area contributed by atoms with E-state index in [1.54, 1.807) is 0 Å². The highest BCUT2D eigenvalue weighted by atomic mass is 35.5. The Morgan fingerprint density at radius 3 is 2.23 bits per heavy atom. The van der Waals surface area contributed by atoms with Gasteiger partial charge in [0.1, 0.15) is 12.1 Å². The highest BCUT2D eigenvalue weighted by molar-refractivity contribution is 4.80. The summed E-state index contributed by atoms with van der Waals surface area (Å²) in [5.74, 6) is 0. The van der Waals surface area contributed by atoms with Crippen LogP contribution in [0.25, 0.3) is 0 Å². The molecule has 3 heteroatoms. The van der Waals surface area contributed by atoms with Crippen molar-refractivity contribution in [1.82, 2.24) is 0 Å². The predicted molar refractivity (Wildman–Crippen MR) is 50.2 cm³/mol. The van der Waals surface area contributed by atoms with Crippen LogP contribution in [0.15, 0.2) is 0 Å². The molecular weight excluding hydrogens is 186 g/mol. The molecule has 13 heavy (non-hydrogen) atoms. The van der Waals surface area contributed by atoms with Gasteiger partial charge in [0.25, 0.3) is 0 Å². The van der Waals surface area contributed by atoms with Crippen molar-refractivity contribution >= 4 is 0 Å². The first-order chi connectivity index (χ1) is 5.83. The third kappa shape index (κ3) is 3.84. The van der Waals surface area contributed by atoms with Gasteiger partial charge in [-0.3, -0.25) is 0 Å². The van der Waals surface area contributed by atoms with Crippen LogP contribution in [0.1, 0.15) is 39.5 Å². The molecule has 0 aliphatic carbocycles. The van der Waals surface area contributed by atoms with Gasteiger partial charge in [-0.2, -0.15) is 0 Å². The lowest BCUT2D eigenvalue weighted by molar-refractivity contribution is -0.686. The van der Waals surface area contributed by atoms with Crippen molar-refractivity contribution < 1.29 is 22.5 Å². The van der Waals surface area contributed by atoms with Gasteiger partial charge in [-0.25, -0.2) is 0 Å². The van der Waals surface area contributed by atoms with E-state index in [4.69, 9.17) is 4.74 Å². The molecule has 1 heterocycles. The summed E-state index contributed by atoms with van der Waals surface area (Å²) >= 11 is 0. The fourth-order valence-corrected chi connectivity index (χ4v) is 2.17. The standard InChI is InChI=1S/C10H21NO.ClH/c1-3-5-10(6-4-2)9-11-7-8-12-10;/h11H,3-9H2,1-2H3;1H. The third-order valence-corrected chi connectivity index (χ3v) is 2.66. The van der Waals surface area contributed by atoms with Crippen LogP contribution in [0.5, 0.6) is 0 Å². The second-order valence-electron chi connectivity index (χ2n) is 3.81. The lowest BCUT2D eigenvalue weighted by Gasteiger charge is -2.35. The van der Waals surface area contributed by atoms with Gasteiger partial charge in [-0.15, -0.1) is 0 Å². The normalized spacial score (nSPS) is 20.8. The zero-order valence-corrected chi connectivity index (χ0v) is 9.57. The number of quaternary nitrogens is 1. The molecule has 0 amide bonds. The number of hydrogen-bond donors (Lipinski definition) is 1. The first kappa shape index (κ1) is 13.2. The van der Waals surface area contributed by atoms with E-state index in [-0.39, 0.29) is 18.0 Å². The van der Waals surface area contributed by atoms with Crippen LogP contribution in [-0.4, -0.2) is 25.3 Å². The monoisotopic (exact) mass is 207 g/mol. The molecule has 80 valence electrons. The average molecular weight is 208 g/mol. The molecule has 0 saturated carbocycles. The van der Waals surface area contributed by atoms with Crippen LogP contribution in [0.4, 0.5) is 0 Å². The largest absolute Gasteiger partial charge is 1.00 e. The maximum Gasteiger partial charge on any atom is 0.117 e. The summed E-state index contributed by atoms with van der Waals surface area (Å²) in [4.78, 5) is 0. The number of nitrogens with two attached hydrogens (primary N) is 1. The molecular formula is C10H22ClNO. The Morgan fingerprint density at radius 2 is 1.85 bits per heavy atom. The summed E-state index contributed by atoms with van der Waals surface area (Å²) in [6, 6.07) is 0. The minimum absolute atomic E-state index is 0. The van der Waals surface area contributed by atoms with Gasteiger partial charge in [0, 0.05) is 0 Å². The fourth-order valence-electron chi connectivity index (χ4n) is 2.17. The van der Waals surface area contributed by atoms with Crippen molar-refractivity contribution in [3.63, 3.8) is 0 Å². The van der Waals surface area contributed by atoms with Crippen LogP contribution in [-0.2, 0) is 4.74 Å². The van der Waals surface area contributed by atoms with Crippen molar-refractivity contribution in [2.75, 3.05) is 19.7 Å². The van der Waals surface area contributed by atoms with E-state index in [1.165, 1.54) is 32.2 Å². The Kier molecular flexibility index (Phi) is 6.74. The minimum Gasteiger partial charge on any atom is -1.00 e. The summed E-state index contributed by atoms with van der Waals surface area (Å²) in [7, 11) is 0. The molecule has 1 fully saturated rings. The van der Waals surface area contributed by atoms with Crippen molar-refractivity contribution in [3.8, 4) is 0 Å². The molecule has 1 saturated heterocycles. The van der Waals surface area contributed by atoms with Crippen LogP contribution in [0.2, 0.25) is 0 Å². The quantitative estimate of drug-likeness (QED) is 0.563. The van der Waals surface area contributed by atoms with Gasteiger partial charge in [0.2, 0.25) is 0 Å². The summed E-state index contributed by atoms with van der Waals surface area (Å²) in [5, 5.41) is 2.40. The van der Waals surface area contributed by atoms with Crippen LogP contribution in [0, 0.1) is 0 Å². The molecule has 0 unspecified atom stereocenters. The highest BCUT2D eigenvalue weighted by Crippen LogP contribution is 2.23. The molecule has 0 atom stereocenters. The van der Waals surface area contributed by atoms with Gasteiger partial charge in [-0.1, -0.05) is 26.7 Å². The van der Waals surface area contributed by atoms with Crippen LogP contribution in [0.3, 0.4) is 0 Å². The van der Waals surface area contributed by atoms with E-state index in [1.807, 2.05) is 0 Å². The van der Waals surface area contributed by atoms with Crippen molar-refractivity contribution in [2.45, 2.75) is 45.1 Å². The van der Waals surface area contributed by atoms with E-state index in [9.17, 15) is 0 Å². The average Bonchev–Trinajstić information content (AvgIpc) is 2.07. The fraction of sp³-hybridized carbons (Fsp3) is 1.00. The second-order valence-corrected chi connectivity index (χ2v) is 3.81. The Balaban J connectivity index is 0.00000144. The molecule has 0 aromatic carbocycles. The van der Waals surface area contributed by atoms with Gasteiger partial charge < -0.3 is 22.5 Å². The molecule has 0 radical (unpaired) electrons. The minimum atomic E-state index is 0. The van der Waals surface area contributed by atoms with Crippen LogP contribution >= 0.6 is 0 Å². The number of rotatable bonds is 4. The molecule has 2 N–H and O–H groups in total. The zero-order valence-electron chi connectivity index (χ0n) is 8.81. The molecule has 0 spiro atoms. The maximum atomic E-state index is 5.92. The predicted octanol–water partition coefficient (Wildman–Crippen LogP) is -2.08. The molecule has 1 rings (SSSR count). The number of ether oxygens (including phenoxy) is 1. The van der Waals surface area contributed by atoms with Crippen molar-refractivity contribution in [2.24, 2.45) is 0 Å². The summed E-state index contributed by atoms with van der Waals surface area (Å²) in [6.45, 7) is 7.76. The van der Waals surface area contributed by atoms with Gasteiger partial charge in [-0.05, 0) is 12.8 Å². The Labute approximate surface area is 87.8 Å². The summed E-state index contributed by atoms with van der Waals surface area (Å²) in [5.41, 5.74) is 0.224. The zero-order chi connectivity index (χ0) is 8.86. The Morgan fingerprint density at radius 1 is 1.23 bits per heavy atom. The van der Waals surface area contributed by atoms with Gasteiger partial charge in [0.05, 0.1) is 13.2 Å². The molecule has 0 aromatic rings. The second kappa shape index (κ2) is 6.63. The first-order valence-corrected chi connectivity index (χ1v) is 5.28. The Hall–Kier alpha value is 0.210. The topological polar surface area (TPSA) is 25.8 Å². The summed E-state index contributed by atoms with van der Waals surface area (Å²) < 4.78 is 5.92. The molecule has 2 nitrogen and oxygen atoms in total. The number of halogens is 1. The van der Waals surface area contributed by atoms with Gasteiger partial charge >= 0.3 is 0 Å². The lowest BCUT2D eigenvalue weighted by atomic mass is 9.91. The number of hydrogen-bond acceptors (Lipinski definition) is 1. The smallest absolute Gasteiger partial charge is 0.117 e. The highest BCUT2D eigenvalue weighted by Gasteiger charge is 2.33. The maximum absolute atomic E-state index is 5.92. The van der Waals surface area contributed by atoms with Gasteiger partial charge in [0.15, 0.2) is 0 Å². The first-order valence-electron chi connectivity index (χ1n) is 5.28. The molecule has 1 aliphatic rings.